The van der Waals surface area contributed by atoms with Crippen molar-refractivity contribution < 1.29 is 0 Å². The van der Waals surface area contributed by atoms with Gasteiger partial charge in [-0.2, -0.15) is 5.10 Å². The van der Waals surface area contributed by atoms with Crippen LogP contribution in [0.3, 0.4) is 0 Å². The standard InChI is InChI=1S/C9H16IN3/c1-9(2,3)11-5-7-6-13(4)12-8(7)10/h6,11H,5H2,1-4H3. The van der Waals surface area contributed by atoms with Crippen molar-refractivity contribution in [2.24, 2.45) is 7.05 Å². The summed E-state index contributed by atoms with van der Waals surface area (Å²) in [7, 11) is 1.95. The third-order valence-electron chi connectivity index (χ3n) is 1.66. The molecule has 4 heteroatoms. The summed E-state index contributed by atoms with van der Waals surface area (Å²) in [6.07, 6.45) is 2.06. The summed E-state index contributed by atoms with van der Waals surface area (Å²) in [6, 6.07) is 0. The molecule has 13 heavy (non-hydrogen) atoms. The summed E-state index contributed by atoms with van der Waals surface area (Å²) >= 11 is 2.26. The lowest BCUT2D eigenvalue weighted by Gasteiger charge is -2.19. The van der Waals surface area contributed by atoms with Crippen molar-refractivity contribution in [3.05, 3.63) is 15.5 Å². The first kappa shape index (κ1) is 11.0. The van der Waals surface area contributed by atoms with Crippen molar-refractivity contribution in [2.75, 3.05) is 0 Å². The van der Waals surface area contributed by atoms with Gasteiger partial charge in [-0.05, 0) is 43.4 Å². The SMILES string of the molecule is Cn1cc(CNC(C)(C)C)c(I)n1. The molecule has 0 aromatic carbocycles. The second kappa shape index (κ2) is 3.96. The van der Waals surface area contributed by atoms with Gasteiger partial charge in [-0.15, -0.1) is 0 Å². The van der Waals surface area contributed by atoms with E-state index in [0.717, 1.165) is 10.2 Å². The molecule has 0 saturated heterocycles. The highest BCUT2D eigenvalue weighted by atomic mass is 127. The lowest BCUT2D eigenvalue weighted by molar-refractivity contribution is 0.424. The Balaban J connectivity index is 2.59. The third-order valence-corrected chi connectivity index (χ3v) is 2.57. The van der Waals surface area contributed by atoms with Gasteiger partial charge in [0.1, 0.15) is 3.70 Å². The van der Waals surface area contributed by atoms with Crippen LogP contribution in [-0.4, -0.2) is 15.3 Å². The summed E-state index contributed by atoms with van der Waals surface area (Å²) in [4.78, 5) is 0. The van der Waals surface area contributed by atoms with Gasteiger partial charge >= 0.3 is 0 Å². The van der Waals surface area contributed by atoms with Crippen LogP contribution >= 0.6 is 22.6 Å². The summed E-state index contributed by atoms with van der Waals surface area (Å²) in [5, 5.41) is 7.71. The lowest BCUT2D eigenvalue weighted by atomic mass is 10.1. The van der Waals surface area contributed by atoms with Crippen molar-refractivity contribution in [2.45, 2.75) is 32.9 Å². The minimum absolute atomic E-state index is 0.166. The van der Waals surface area contributed by atoms with Gasteiger partial charge in [-0.1, -0.05) is 0 Å². The highest BCUT2D eigenvalue weighted by Crippen LogP contribution is 2.10. The minimum Gasteiger partial charge on any atom is -0.308 e. The molecule has 0 aliphatic carbocycles. The Morgan fingerprint density at radius 3 is 2.54 bits per heavy atom. The van der Waals surface area contributed by atoms with E-state index >= 15 is 0 Å². The van der Waals surface area contributed by atoms with Gasteiger partial charge in [-0.3, -0.25) is 4.68 Å². The van der Waals surface area contributed by atoms with Crippen molar-refractivity contribution in [1.82, 2.24) is 15.1 Å². The number of halogens is 1. The molecule has 3 nitrogen and oxygen atoms in total. The predicted molar refractivity (Wildman–Crippen MR) is 62.5 cm³/mol. The molecule has 0 radical (unpaired) electrons. The Morgan fingerprint density at radius 2 is 2.15 bits per heavy atom. The average molecular weight is 293 g/mol. The molecular weight excluding hydrogens is 277 g/mol. The highest BCUT2D eigenvalue weighted by molar-refractivity contribution is 14.1. The van der Waals surface area contributed by atoms with Gasteiger partial charge in [-0.25, -0.2) is 0 Å². The number of nitrogens with zero attached hydrogens (tertiary/aromatic N) is 2. The molecular formula is C9H16IN3. The van der Waals surface area contributed by atoms with Crippen LogP contribution in [0.4, 0.5) is 0 Å². The first-order valence-corrected chi connectivity index (χ1v) is 5.39. The molecule has 0 unspecified atom stereocenters. The summed E-state index contributed by atoms with van der Waals surface area (Å²) in [5.41, 5.74) is 1.43. The number of nitrogens with one attached hydrogen (secondary N) is 1. The Hall–Kier alpha value is -0.100. The molecule has 0 atom stereocenters. The molecule has 74 valence electrons. The van der Waals surface area contributed by atoms with Crippen LogP contribution in [0.1, 0.15) is 26.3 Å². The number of hydrogen-bond acceptors (Lipinski definition) is 2. The Labute approximate surface area is 93.0 Å². The number of aryl methyl sites for hydroxylation is 1. The van der Waals surface area contributed by atoms with Crippen LogP contribution in [0.5, 0.6) is 0 Å². The van der Waals surface area contributed by atoms with Crippen LogP contribution in [-0.2, 0) is 13.6 Å². The van der Waals surface area contributed by atoms with E-state index in [4.69, 9.17) is 0 Å². The quantitative estimate of drug-likeness (QED) is 0.844. The van der Waals surface area contributed by atoms with Gasteiger partial charge in [0.25, 0.3) is 0 Å². The molecule has 0 bridgehead atoms. The van der Waals surface area contributed by atoms with Crippen molar-refractivity contribution in [3.8, 4) is 0 Å². The molecule has 0 amide bonds. The Bertz CT molecular complexity index is 286. The van der Waals surface area contributed by atoms with Gasteiger partial charge in [0, 0.05) is 30.9 Å². The lowest BCUT2D eigenvalue weighted by Crippen LogP contribution is -2.35. The molecule has 0 fully saturated rings. The van der Waals surface area contributed by atoms with E-state index in [1.165, 1.54) is 5.56 Å². The average Bonchev–Trinajstić information content (AvgIpc) is 2.24. The van der Waals surface area contributed by atoms with Gasteiger partial charge < -0.3 is 5.32 Å². The molecule has 0 spiro atoms. The van der Waals surface area contributed by atoms with Gasteiger partial charge in [0.2, 0.25) is 0 Å². The van der Waals surface area contributed by atoms with Crippen LogP contribution in [0.15, 0.2) is 6.20 Å². The van der Waals surface area contributed by atoms with Crippen LogP contribution < -0.4 is 5.32 Å². The highest BCUT2D eigenvalue weighted by Gasteiger charge is 2.11. The molecule has 1 rings (SSSR count). The fourth-order valence-corrected chi connectivity index (χ4v) is 1.66. The molecule has 0 aliphatic heterocycles. The summed E-state index contributed by atoms with van der Waals surface area (Å²) in [5.74, 6) is 0. The van der Waals surface area contributed by atoms with E-state index in [-0.39, 0.29) is 5.54 Å². The maximum atomic E-state index is 4.28. The maximum absolute atomic E-state index is 4.28. The monoisotopic (exact) mass is 293 g/mol. The minimum atomic E-state index is 0.166. The fraction of sp³-hybridized carbons (Fsp3) is 0.667. The van der Waals surface area contributed by atoms with E-state index in [2.05, 4.69) is 60.0 Å². The predicted octanol–water partition coefficient (Wildman–Crippen LogP) is 1.91. The second-order valence-corrected chi connectivity index (χ2v) is 5.24. The van der Waals surface area contributed by atoms with E-state index in [0.29, 0.717) is 0 Å². The van der Waals surface area contributed by atoms with Crippen molar-refractivity contribution in [3.63, 3.8) is 0 Å². The Kier molecular flexibility index (Phi) is 3.34. The van der Waals surface area contributed by atoms with E-state index in [9.17, 15) is 0 Å². The third kappa shape index (κ3) is 3.64. The Morgan fingerprint density at radius 1 is 1.54 bits per heavy atom. The number of hydrogen-bond donors (Lipinski definition) is 1. The number of rotatable bonds is 2. The zero-order valence-corrected chi connectivity index (χ0v) is 10.7. The first-order valence-electron chi connectivity index (χ1n) is 4.31. The van der Waals surface area contributed by atoms with Crippen LogP contribution in [0.25, 0.3) is 0 Å². The molecule has 1 heterocycles. The maximum Gasteiger partial charge on any atom is 0.127 e. The normalized spacial score (nSPS) is 12.1. The molecule has 1 N–H and O–H groups in total. The second-order valence-electron chi connectivity index (χ2n) is 4.22. The smallest absolute Gasteiger partial charge is 0.127 e. The van der Waals surface area contributed by atoms with Gasteiger partial charge in [0.15, 0.2) is 0 Å². The van der Waals surface area contributed by atoms with Crippen molar-refractivity contribution >= 4 is 22.6 Å². The topological polar surface area (TPSA) is 29.9 Å². The molecule has 0 aliphatic rings. The largest absolute Gasteiger partial charge is 0.308 e. The van der Waals surface area contributed by atoms with E-state index < -0.39 is 0 Å². The summed E-state index contributed by atoms with van der Waals surface area (Å²) < 4.78 is 2.93. The fourth-order valence-electron chi connectivity index (χ4n) is 0.989. The zero-order chi connectivity index (χ0) is 10.1. The number of aromatic nitrogens is 2. The molecule has 1 aromatic heterocycles. The van der Waals surface area contributed by atoms with Crippen LogP contribution in [0, 0.1) is 3.70 Å². The zero-order valence-electron chi connectivity index (χ0n) is 8.56. The summed E-state index contributed by atoms with van der Waals surface area (Å²) in [6.45, 7) is 7.37. The van der Waals surface area contributed by atoms with Crippen LogP contribution in [0.2, 0.25) is 0 Å². The van der Waals surface area contributed by atoms with Crippen molar-refractivity contribution in [1.29, 1.82) is 0 Å². The molecule has 0 saturated carbocycles. The first-order chi connectivity index (χ1) is 5.88. The van der Waals surface area contributed by atoms with Gasteiger partial charge in [0.05, 0.1) is 0 Å². The molecule has 1 aromatic rings. The van der Waals surface area contributed by atoms with E-state index in [1.54, 1.807) is 0 Å². The van der Waals surface area contributed by atoms with E-state index in [1.807, 2.05) is 11.7 Å².